The molecule has 1 heterocycles. The molecule has 1 fully saturated rings. The van der Waals surface area contributed by atoms with E-state index in [-0.39, 0.29) is 11.9 Å². The Balaban J connectivity index is 1.69. The molecule has 0 bridgehead atoms. The number of hydrogen-bond acceptors (Lipinski definition) is 5. The number of rotatable bonds is 10. The number of likely N-dealkylation sites (tertiary alicyclic amines) is 1. The third kappa shape index (κ3) is 7.68. The van der Waals surface area contributed by atoms with Gasteiger partial charge in [-0.25, -0.2) is 13.1 Å². The fourth-order valence-electron chi connectivity index (χ4n) is 4.63. The van der Waals surface area contributed by atoms with E-state index in [9.17, 15) is 13.2 Å². The topological polar surface area (TPSA) is 81.8 Å². The van der Waals surface area contributed by atoms with Crippen molar-refractivity contribution < 1.29 is 13.2 Å². The van der Waals surface area contributed by atoms with Crippen molar-refractivity contribution in [3.63, 3.8) is 0 Å². The number of piperidine rings is 1. The van der Waals surface area contributed by atoms with E-state index in [1.54, 1.807) is 0 Å². The second kappa shape index (κ2) is 11.9. The molecule has 1 aliphatic rings. The van der Waals surface area contributed by atoms with Crippen LogP contribution in [0.3, 0.4) is 0 Å². The van der Waals surface area contributed by atoms with Crippen molar-refractivity contribution in [2.75, 3.05) is 44.9 Å². The summed E-state index contributed by atoms with van der Waals surface area (Å²) in [4.78, 5) is 18.0. The number of nitrogens with zero attached hydrogens (tertiary/aromatic N) is 2. The van der Waals surface area contributed by atoms with Crippen LogP contribution in [0.1, 0.15) is 42.9 Å². The van der Waals surface area contributed by atoms with Gasteiger partial charge in [0.15, 0.2) is 0 Å². The molecule has 36 heavy (non-hydrogen) atoms. The van der Waals surface area contributed by atoms with Crippen molar-refractivity contribution in [3.05, 3.63) is 64.2 Å². The van der Waals surface area contributed by atoms with E-state index in [1.807, 2.05) is 75.3 Å². The molecule has 1 unspecified atom stereocenters. The summed E-state index contributed by atoms with van der Waals surface area (Å²) < 4.78 is 25.8. The molecule has 0 saturated carbocycles. The fourth-order valence-corrected chi connectivity index (χ4v) is 5.58. The quantitative estimate of drug-likeness (QED) is 0.486. The molecule has 2 aromatic carbocycles. The molecule has 0 aliphatic carbocycles. The number of aryl methyl sites for hydroxylation is 1. The molecule has 198 valence electrons. The van der Waals surface area contributed by atoms with Gasteiger partial charge in [0.2, 0.25) is 15.9 Å². The van der Waals surface area contributed by atoms with E-state index >= 15 is 0 Å². The summed E-state index contributed by atoms with van der Waals surface area (Å²) >= 11 is 6.28. The molecular weight excluding hydrogens is 496 g/mol. The Labute approximate surface area is 221 Å². The molecule has 7 nitrogen and oxygen atoms in total. The fraction of sp³-hybridized carbons (Fsp3) is 0.519. The zero-order valence-electron chi connectivity index (χ0n) is 22.0. The molecule has 1 saturated heterocycles. The highest BCUT2D eigenvalue weighted by Gasteiger charge is 2.36. The number of carbonyl (C=O) groups excluding carboxylic acids is 1. The van der Waals surface area contributed by atoms with Gasteiger partial charge < -0.3 is 15.1 Å². The lowest BCUT2D eigenvalue weighted by Crippen LogP contribution is -2.47. The van der Waals surface area contributed by atoms with Crippen molar-refractivity contribution in [3.8, 4) is 0 Å². The first kappa shape index (κ1) is 28.4. The van der Waals surface area contributed by atoms with Gasteiger partial charge in [0, 0.05) is 37.4 Å². The van der Waals surface area contributed by atoms with Crippen molar-refractivity contribution in [1.29, 1.82) is 0 Å². The number of anilines is 1. The number of halogens is 1. The van der Waals surface area contributed by atoms with E-state index in [4.69, 9.17) is 11.6 Å². The molecule has 9 heteroatoms. The van der Waals surface area contributed by atoms with Crippen LogP contribution in [-0.4, -0.2) is 65.3 Å². The molecule has 0 radical (unpaired) electrons. The van der Waals surface area contributed by atoms with Crippen LogP contribution in [0.2, 0.25) is 5.02 Å². The Hall–Kier alpha value is -2.13. The average Bonchev–Trinajstić information content (AvgIpc) is 2.82. The lowest BCUT2D eigenvalue weighted by Gasteiger charge is -2.35. The van der Waals surface area contributed by atoms with E-state index in [0.717, 1.165) is 54.9 Å². The largest absolute Gasteiger partial charge is 0.378 e. The molecule has 1 aliphatic heterocycles. The van der Waals surface area contributed by atoms with Crippen LogP contribution in [0.15, 0.2) is 42.5 Å². The number of hydrogen-bond donors (Lipinski definition) is 2. The standard InChI is InChI=1S/C27H39ClN4O3S/c1-20-18-22(8-11-25(20)28)27(2,14-17-32-15-12-23(13-16-32)30-36(5,34)35)26(33)29-19-21-6-9-24(10-7-21)31(3)4/h6-11,18,23,30H,12-17,19H2,1-5H3,(H,29,33). The highest BCUT2D eigenvalue weighted by molar-refractivity contribution is 7.88. The maximum absolute atomic E-state index is 13.6. The van der Waals surface area contributed by atoms with E-state index in [0.29, 0.717) is 18.0 Å². The van der Waals surface area contributed by atoms with E-state index in [2.05, 4.69) is 14.9 Å². The minimum atomic E-state index is -3.20. The zero-order chi connectivity index (χ0) is 26.5. The highest BCUT2D eigenvalue weighted by Crippen LogP contribution is 2.32. The smallest absolute Gasteiger partial charge is 0.230 e. The number of benzene rings is 2. The van der Waals surface area contributed by atoms with Crippen molar-refractivity contribution in [2.45, 2.75) is 51.1 Å². The maximum Gasteiger partial charge on any atom is 0.230 e. The monoisotopic (exact) mass is 534 g/mol. The van der Waals surface area contributed by atoms with Crippen molar-refractivity contribution >= 4 is 33.2 Å². The summed E-state index contributed by atoms with van der Waals surface area (Å²) in [5, 5.41) is 3.84. The second-order valence-corrected chi connectivity index (χ2v) is 12.5. The number of nitrogens with one attached hydrogen (secondary N) is 2. The van der Waals surface area contributed by atoms with Crippen LogP contribution in [0.4, 0.5) is 5.69 Å². The minimum Gasteiger partial charge on any atom is -0.378 e. The third-order valence-electron chi connectivity index (χ3n) is 7.10. The van der Waals surface area contributed by atoms with Crippen LogP contribution in [0.5, 0.6) is 0 Å². The Morgan fingerprint density at radius 3 is 2.33 bits per heavy atom. The van der Waals surface area contributed by atoms with Crippen LogP contribution in [0.25, 0.3) is 0 Å². The Kier molecular flexibility index (Phi) is 9.44. The molecule has 3 rings (SSSR count). The summed E-state index contributed by atoms with van der Waals surface area (Å²) in [5.41, 5.74) is 3.31. The van der Waals surface area contributed by atoms with Gasteiger partial charge in [-0.3, -0.25) is 4.79 Å². The predicted molar refractivity (Wildman–Crippen MR) is 148 cm³/mol. The zero-order valence-corrected chi connectivity index (χ0v) is 23.5. The lowest BCUT2D eigenvalue weighted by molar-refractivity contribution is -0.126. The first-order valence-corrected chi connectivity index (χ1v) is 14.7. The maximum atomic E-state index is 13.6. The summed E-state index contributed by atoms with van der Waals surface area (Å²) in [6.45, 7) is 6.74. The summed E-state index contributed by atoms with van der Waals surface area (Å²) in [7, 11) is 0.800. The highest BCUT2D eigenvalue weighted by atomic mass is 35.5. The van der Waals surface area contributed by atoms with Crippen LogP contribution < -0.4 is 14.9 Å². The van der Waals surface area contributed by atoms with Crippen LogP contribution >= 0.6 is 11.6 Å². The Morgan fingerprint density at radius 1 is 1.14 bits per heavy atom. The first-order valence-electron chi connectivity index (χ1n) is 12.4. The van der Waals surface area contributed by atoms with Gasteiger partial charge in [-0.15, -0.1) is 0 Å². The van der Waals surface area contributed by atoms with Crippen LogP contribution in [0, 0.1) is 6.92 Å². The minimum absolute atomic E-state index is 0.0189. The average molecular weight is 535 g/mol. The van der Waals surface area contributed by atoms with Gasteiger partial charge in [0.1, 0.15) is 0 Å². The number of sulfonamides is 1. The molecule has 1 atom stereocenters. The van der Waals surface area contributed by atoms with E-state index in [1.165, 1.54) is 6.26 Å². The van der Waals surface area contributed by atoms with E-state index < -0.39 is 15.4 Å². The van der Waals surface area contributed by atoms with Gasteiger partial charge in [-0.05, 0) is 87.6 Å². The first-order chi connectivity index (χ1) is 16.9. The molecule has 1 amide bonds. The van der Waals surface area contributed by atoms with Gasteiger partial charge in [-0.1, -0.05) is 35.9 Å². The molecule has 0 aromatic heterocycles. The van der Waals surface area contributed by atoms with Gasteiger partial charge >= 0.3 is 0 Å². The van der Waals surface area contributed by atoms with Crippen LogP contribution in [-0.2, 0) is 26.8 Å². The van der Waals surface area contributed by atoms with Crippen molar-refractivity contribution in [2.24, 2.45) is 0 Å². The summed E-state index contributed by atoms with van der Waals surface area (Å²) in [6.07, 6.45) is 3.37. The lowest BCUT2D eigenvalue weighted by atomic mass is 9.77. The van der Waals surface area contributed by atoms with Gasteiger partial charge in [0.05, 0.1) is 11.7 Å². The number of amides is 1. The predicted octanol–water partition coefficient (Wildman–Crippen LogP) is 3.69. The molecular formula is C27H39ClN4O3S. The molecule has 2 N–H and O–H groups in total. The summed E-state index contributed by atoms with van der Waals surface area (Å²) in [6, 6.07) is 14.0. The molecule has 0 spiro atoms. The molecule has 2 aromatic rings. The Bertz CT molecular complexity index is 1150. The Morgan fingerprint density at radius 2 is 1.78 bits per heavy atom. The van der Waals surface area contributed by atoms with Crippen molar-refractivity contribution in [1.82, 2.24) is 14.9 Å². The normalized spacial score (nSPS) is 16.9. The van der Waals surface area contributed by atoms with Gasteiger partial charge in [0.25, 0.3) is 0 Å². The van der Waals surface area contributed by atoms with Gasteiger partial charge in [-0.2, -0.15) is 0 Å². The second-order valence-electron chi connectivity index (χ2n) is 10.3. The summed E-state index contributed by atoms with van der Waals surface area (Å²) in [5.74, 6) is -0.0189. The number of carbonyl (C=O) groups is 1. The SMILES string of the molecule is Cc1cc(C(C)(CCN2CCC(NS(C)(=O)=O)CC2)C(=O)NCc2ccc(N(C)C)cc2)ccc1Cl. The third-order valence-corrected chi connectivity index (χ3v) is 8.28.